The van der Waals surface area contributed by atoms with E-state index in [1.54, 1.807) is 0 Å². The molecule has 1 heterocycles. The van der Waals surface area contributed by atoms with E-state index in [0.29, 0.717) is 0 Å². The summed E-state index contributed by atoms with van der Waals surface area (Å²) in [6.45, 7) is 8.39. The summed E-state index contributed by atoms with van der Waals surface area (Å²) >= 11 is 8.55. The van der Waals surface area contributed by atoms with Crippen molar-refractivity contribution in [1.29, 1.82) is 0 Å². The molecule has 0 saturated heterocycles. The standard InChI is InChI=1S/C21H20ClIN2/c1-13-5-6-18(11-20(13)22)24-12-17-10-15(3)25(16(17)4)19-7-8-21(23)14(2)9-19/h5-12H,1-4H3. The average Bonchev–Trinajstić information content (AvgIpc) is 2.85. The molecule has 3 aromatic rings. The number of hydrogen-bond donors (Lipinski definition) is 0. The Morgan fingerprint density at radius 2 is 1.72 bits per heavy atom. The van der Waals surface area contributed by atoms with Crippen LogP contribution in [0.1, 0.15) is 28.1 Å². The van der Waals surface area contributed by atoms with Crippen LogP contribution in [-0.2, 0) is 0 Å². The van der Waals surface area contributed by atoms with Crippen molar-refractivity contribution in [3.8, 4) is 5.69 Å². The maximum absolute atomic E-state index is 6.19. The van der Waals surface area contributed by atoms with Crippen LogP contribution in [0.5, 0.6) is 0 Å². The number of nitrogens with zero attached hydrogens (tertiary/aromatic N) is 2. The smallest absolute Gasteiger partial charge is 0.0644 e. The normalized spacial score (nSPS) is 11.4. The Bertz CT molecular complexity index is 970. The molecule has 4 heteroatoms. The third-order valence-electron chi connectivity index (χ3n) is 4.38. The van der Waals surface area contributed by atoms with Gasteiger partial charge in [0.1, 0.15) is 0 Å². The Morgan fingerprint density at radius 3 is 2.40 bits per heavy atom. The van der Waals surface area contributed by atoms with Crippen LogP contribution < -0.4 is 0 Å². The van der Waals surface area contributed by atoms with E-state index in [1.165, 1.54) is 26.2 Å². The number of aromatic nitrogens is 1. The fraction of sp³-hybridized carbons (Fsp3) is 0.190. The monoisotopic (exact) mass is 462 g/mol. The fourth-order valence-corrected chi connectivity index (χ4v) is 3.40. The van der Waals surface area contributed by atoms with Crippen LogP contribution in [0.3, 0.4) is 0 Å². The molecule has 0 saturated carbocycles. The zero-order valence-corrected chi connectivity index (χ0v) is 17.7. The number of rotatable bonds is 3. The minimum absolute atomic E-state index is 0.745. The minimum Gasteiger partial charge on any atom is -0.318 e. The van der Waals surface area contributed by atoms with Crippen LogP contribution in [0.15, 0.2) is 47.5 Å². The van der Waals surface area contributed by atoms with Gasteiger partial charge in [0.05, 0.1) is 5.69 Å². The van der Waals surface area contributed by atoms with Gasteiger partial charge in [-0.3, -0.25) is 4.99 Å². The first kappa shape index (κ1) is 18.2. The van der Waals surface area contributed by atoms with Gasteiger partial charge in [0.2, 0.25) is 0 Å². The molecule has 0 spiro atoms. The van der Waals surface area contributed by atoms with Crippen molar-refractivity contribution in [2.24, 2.45) is 4.99 Å². The van der Waals surface area contributed by atoms with Crippen molar-refractivity contribution < 1.29 is 0 Å². The van der Waals surface area contributed by atoms with Crippen LogP contribution in [0, 0.1) is 31.3 Å². The lowest BCUT2D eigenvalue weighted by molar-refractivity contribution is 0.962. The first-order valence-electron chi connectivity index (χ1n) is 8.12. The lowest BCUT2D eigenvalue weighted by Gasteiger charge is -2.11. The van der Waals surface area contributed by atoms with Gasteiger partial charge in [-0.05, 0) is 97.8 Å². The third kappa shape index (κ3) is 3.82. The zero-order valence-electron chi connectivity index (χ0n) is 14.8. The molecule has 0 aliphatic heterocycles. The zero-order chi connectivity index (χ0) is 18.1. The van der Waals surface area contributed by atoms with E-state index in [9.17, 15) is 0 Å². The summed E-state index contributed by atoms with van der Waals surface area (Å²) in [6, 6.07) is 14.6. The molecule has 2 nitrogen and oxygen atoms in total. The number of aliphatic imine (C=N–C) groups is 1. The Kier molecular flexibility index (Phi) is 5.35. The van der Waals surface area contributed by atoms with Gasteiger partial charge in [0.25, 0.3) is 0 Å². The molecule has 128 valence electrons. The van der Waals surface area contributed by atoms with Crippen LogP contribution in [-0.4, -0.2) is 10.8 Å². The Labute approximate surface area is 167 Å². The highest BCUT2D eigenvalue weighted by Gasteiger charge is 2.10. The van der Waals surface area contributed by atoms with Gasteiger partial charge < -0.3 is 4.57 Å². The van der Waals surface area contributed by atoms with E-state index in [0.717, 1.165) is 21.8 Å². The van der Waals surface area contributed by atoms with Crippen molar-refractivity contribution in [2.75, 3.05) is 0 Å². The quantitative estimate of drug-likeness (QED) is 0.304. The summed E-state index contributed by atoms with van der Waals surface area (Å²) in [5.74, 6) is 0. The lowest BCUT2D eigenvalue weighted by Crippen LogP contribution is -2.00. The molecule has 0 radical (unpaired) electrons. The van der Waals surface area contributed by atoms with Crippen molar-refractivity contribution in [1.82, 2.24) is 4.57 Å². The first-order chi connectivity index (χ1) is 11.9. The predicted octanol–water partition coefficient (Wildman–Crippen LogP) is 6.72. The topological polar surface area (TPSA) is 17.3 Å². The van der Waals surface area contributed by atoms with Gasteiger partial charge in [-0.25, -0.2) is 0 Å². The molecule has 25 heavy (non-hydrogen) atoms. The van der Waals surface area contributed by atoms with Gasteiger partial charge in [0, 0.05) is 37.4 Å². The predicted molar refractivity (Wildman–Crippen MR) is 116 cm³/mol. The van der Waals surface area contributed by atoms with Crippen molar-refractivity contribution in [3.63, 3.8) is 0 Å². The Hall–Kier alpha value is -1.59. The summed E-state index contributed by atoms with van der Waals surface area (Å²) in [5.41, 5.74) is 7.89. The second-order valence-electron chi connectivity index (χ2n) is 6.29. The van der Waals surface area contributed by atoms with Crippen molar-refractivity contribution in [2.45, 2.75) is 27.7 Å². The summed E-state index contributed by atoms with van der Waals surface area (Å²) in [5, 5.41) is 0.745. The molecule has 0 aliphatic carbocycles. The van der Waals surface area contributed by atoms with Crippen molar-refractivity contribution >= 4 is 46.1 Å². The second kappa shape index (κ2) is 7.34. The van der Waals surface area contributed by atoms with E-state index in [4.69, 9.17) is 11.6 Å². The highest BCUT2D eigenvalue weighted by molar-refractivity contribution is 14.1. The number of benzene rings is 2. The summed E-state index contributed by atoms with van der Waals surface area (Å²) in [7, 11) is 0. The SMILES string of the molecule is Cc1ccc(N=Cc2cc(C)n(-c3ccc(I)c(C)c3)c2C)cc1Cl. The molecule has 0 fully saturated rings. The molecule has 0 unspecified atom stereocenters. The lowest BCUT2D eigenvalue weighted by atomic mass is 10.2. The molecular formula is C21H20ClIN2. The average molecular weight is 463 g/mol. The highest BCUT2D eigenvalue weighted by Crippen LogP contribution is 2.25. The van der Waals surface area contributed by atoms with E-state index < -0.39 is 0 Å². The largest absolute Gasteiger partial charge is 0.318 e. The van der Waals surface area contributed by atoms with Crippen LogP contribution in [0.25, 0.3) is 5.69 Å². The van der Waals surface area contributed by atoms with E-state index >= 15 is 0 Å². The summed E-state index contributed by atoms with van der Waals surface area (Å²) < 4.78 is 3.55. The second-order valence-corrected chi connectivity index (χ2v) is 7.86. The minimum atomic E-state index is 0.745. The highest BCUT2D eigenvalue weighted by atomic mass is 127. The van der Waals surface area contributed by atoms with Gasteiger partial charge in [-0.2, -0.15) is 0 Å². The van der Waals surface area contributed by atoms with E-state index in [-0.39, 0.29) is 0 Å². The van der Waals surface area contributed by atoms with Gasteiger partial charge >= 0.3 is 0 Å². The number of aryl methyl sites for hydroxylation is 3. The van der Waals surface area contributed by atoms with Crippen LogP contribution >= 0.6 is 34.2 Å². The number of hydrogen-bond acceptors (Lipinski definition) is 1. The molecule has 0 amide bonds. The van der Waals surface area contributed by atoms with Crippen LogP contribution in [0.2, 0.25) is 5.02 Å². The van der Waals surface area contributed by atoms with E-state index in [1.807, 2.05) is 31.3 Å². The first-order valence-corrected chi connectivity index (χ1v) is 9.58. The maximum atomic E-state index is 6.19. The van der Waals surface area contributed by atoms with Gasteiger partial charge in [-0.1, -0.05) is 17.7 Å². The molecule has 0 aliphatic rings. The third-order valence-corrected chi connectivity index (χ3v) is 6.00. The van der Waals surface area contributed by atoms with Crippen molar-refractivity contribution in [3.05, 3.63) is 79.1 Å². The fourth-order valence-electron chi connectivity index (χ4n) is 2.89. The molecular weight excluding hydrogens is 443 g/mol. The van der Waals surface area contributed by atoms with Gasteiger partial charge in [0.15, 0.2) is 0 Å². The van der Waals surface area contributed by atoms with Crippen LogP contribution in [0.4, 0.5) is 5.69 Å². The molecule has 3 rings (SSSR count). The maximum Gasteiger partial charge on any atom is 0.0644 e. The molecule has 0 bridgehead atoms. The molecule has 0 N–H and O–H groups in total. The number of halogens is 2. The molecule has 1 aromatic heterocycles. The summed E-state index contributed by atoms with van der Waals surface area (Å²) in [6.07, 6.45) is 1.92. The Balaban J connectivity index is 1.97. The van der Waals surface area contributed by atoms with Gasteiger partial charge in [-0.15, -0.1) is 0 Å². The summed E-state index contributed by atoms with van der Waals surface area (Å²) in [4.78, 5) is 4.60. The molecule has 0 atom stereocenters. The van der Waals surface area contributed by atoms with E-state index in [2.05, 4.69) is 77.2 Å². The Morgan fingerprint density at radius 1 is 0.960 bits per heavy atom. The molecule has 2 aromatic carbocycles.